The summed E-state index contributed by atoms with van der Waals surface area (Å²) in [6.07, 6.45) is 9.31. The first kappa shape index (κ1) is 27.9. The summed E-state index contributed by atoms with van der Waals surface area (Å²) in [6.45, 7) is 2.39. The lowest BCUT2D eigenvalue weighted by molar-refractivity contribution is -0.121. The summed E-state index contributed by atoms with van der Waals surface area (Å²) in [5.74, 6) is 0.382. The van der Waals surface area contributed by atoms with Gasteiger partial charge in [0.2, 0.25) is 27.8 Å². The van der Waals surface area contributed by atoms with Crippen LogP contribution in [0.15, 0.2) is 57.8 Å². The van der Waals surface area contributed by atoms with Crippen LogP contribution < -0.4 is 9.48 Å². The van der Waals surface area contributed by atoms with Crippen LogP contribution in [0.5, 0.6) is 5.75 Å². The highest BCUT2D eigenvalue weighted by Gasteiger charge is 2.34. The van der Waals surface area contributed by atoms with E-state index in [0.29, 0.717) is 24.2 Å². The quantitative estimate of drug-likeness (QED) is 0.145. The van der Waals surface area contributed by atoms with Crippen molar-refractivity contribution in [2.45, 2.75) is 64.7 Å². The molecule has 2 aromatic rings. The second kappa shape index (κ2) is 14.1. The Hall–Kier alpha value is -2.71. The molecule has 194 valence electrons. The van der Waals surface area contributed by atoms with Gasteiger partial charge in [0.1, 0.15) is 5.75 Å². The molecule has 8 heteroatoms. The van der Waals surface area contributed by atoms with Crippen LogP contribution in [-0.4, -0.2) is 32.4 Å². The zero-order chi connectivity index (χ0) is 25.9. The van der Waals surface area contributed by atoms with Crippen molar-refractivity contribution in [3.8, 4) is 16.2 Å². The van der Waals surface area contributed by atoms with Crippen LogP contribution in [0, 0.1) is 0 Å². The number of rotatable bonds is 15. The van der Waals surface area contributed by atoms with E-state index < -0.39 is 0 Å². The monoisotopic (exact) mass is 530 g/mol. The summed E-state index contributed by atoms with van der Waals surface area (Å²) in [5, 5.41) is 0. The molecule has 0 spiro atoms. The van der Waals surface area contributed by atoms with Gasteiger partial charge in [-0.1, -0.05) is 48.9 Å². The van der Waals surface area contributed by atoms with Gasteiger partial charge in [-0.25, -0.2) is 0 Å². The van der Waals surface area contributed by atoms with E-state index in [4.69, 9.17) is 14.2 Å². The molecule has 0 saturated heterocycles. The van der Waals surface area contributed by atoms with Gasteiger partial charge in [-0.05, 0) is 66.4 Å². The van der Waals surface area contributed by atoms with Crippen molar-refractivity contribution in [1.29, 1.82) is 0 Å². The molecule has 1 heterocycles. The number of hydrogen-bond donors (Lipinski definition) is 0. The fourth-order valence-corrected chi connectivity index (χ4v) is 6.13. The third-order valence-corrected chi connectivity index (χ3v) is 8.47. The number of hydrogen-bond acceptors (Lipinski definition) is 8. The van der Waals surface area contributed by atoms with Gasteiger partial charge >= 0.3 is 0 Å². The van der Waals surface area contributed by atoms with Gasteiger partial charge < -0.3 is 14.2 Å². The molecule has 0 fully saturated rings. The number of carbonyl (C=O) groups excluding carboxylic acids is 2. The molecule has 1 aromatic heterocycles. The van der Waals surface area contributed by atoms with Crippen molar-refractivity contribution in [3.05, 3.63) is 62.5 Å². The van der Waals surface area contributed by atoms with Crippen molar-refractivity contribution in [1.82, 2.24) is 0 Å². The molecular formula is C28H34O6S2. The fraction of sp³-hybridized carbons (Fsp3) is 0.464. The van der Waals surface area contributed by atoms with E-state index in [-0.39, 0.29) is 27.8 Å². The SMILES string of the molecule is COC1=C(OC)C(=O)C(CCCCCCCCCCOc2ccc(-c3cc(=O)ss3)cc2)=C(C)C1=O. The molecule has 1 aliphatic rings. The number of unbranched alkanes of at least 4 members (excludes halogenated alkanes) is 7. The highest BCUT2D eigenvalue weighted by molar-refractivity contribution is 7.69. The molecule has 0 unspecified atom stereocenters. The molecule has 0 bridgehead atoms. The van der Waals surface area contributed by atoms with Crippen molar-refractivity contribution < 1.29 is 23.8 Å². The lowest BCUT2D eigenvalue weighted by Crippen LogP contribution is -2.25. The Morgan fingerprint density at radius 2 is 1.31 bits per heavy atom. The molecule has 0 amide bonds. The average Bonchev–Trinajstić information content (AvgIpc) is 3.32. The van der Waals surface area contributed by atoms with Crippen molar-refractivity contribution >= 4 is 32.2 Å². The third-order valence-electron chi connectivity index (χ3n) is 6.29. The molecule has 1 aliphatic carbocycles. The van der Waals surface area contributed by atoms with Gasteiger partial charge in [0.25, 0.3) is 0 Å². The third kappa shape index (κ3) is 7.40. The zero-order valence-corrected chi connectivity index (χ0v) is 22.9. The summed E-state index contributed by atoms with van der Waals surface area (Å²) in [6, 6.07) is 9.59. The van der Waals surface area contributed by atoms with E-state index in [1.807, 2.05) is 24.3 Å². The van der Waals surface area contributed by atoms with Crippen molar-refractivity contribution in [2.24, 2.45) is 0 Å². The van der Waals surface area contributed by atoms with E-state index in [9.17, 15) is 14.4 Å². The normalized spacial score (nSPS) is 14.0. The summed E-state index contributed by atoms with van der Waals surface area (Å²) in [5.41, 5.74) is 2.07. The Morgan fingerprint density at radius 1 is 0.722 bits per heavy atom. The van der Waals surface area contributed by atoms with Gasteiger partial charge in [0.05, 0.1) is 20.8 Å². The fourth-order valence-electron chi connectivity index (χ4n) is 4.24. The Morgan fingerprint density at radius 3 is 1.89 bits per heavy atom. The molecule has 0 radical (unpaired) electrons. The molecule has 1 aromatic carbocycles. The van der Waals surface area contributed by atoms with E-state index >= 15 is 0 Å². The number of ether oxygens (including phenoxy) is 3. The van der Waals surface area contributed by atoms with E-state index in [1.165, 1.54) is 54.2 Å². The standard InChI is InChI=1S/C28H34O6S2/c1-19-22(26(31)28(33-3)27(32-2)25(19)30)12-10-8-6-4-5-7-9-11-17-34-21-15-13-20(14-16-21)23-18-24(29)36-35-23/h13-16,18H,4-12,17H2,1-3H3. The summed E-state index contributed by atoms with van der Waals surface area (Å²) >= 11 is 0. The smallest absolute Gasteiger partial charge is 0.243 e. The van der Waals surface area contributed by atoms with Gasteiger partial charge in [0.15, 0.2) is 0 Å². The van der Waals surface area contributed by atoms with Gasteiger partial charge in [0, 0.05) is 22.1 Å². The zero-order valence-electron chi connectivity index (χ0n) is 21.2. The topological polar surface area (TPSA) is 78.9 Å². The molecule has 0 aliphatic heterocycles. The lowest BCUT2D eigenvalue weighted by atomic mass is 9.89. The molecule has 3 rings (SSSR count). The minimum absolute atomic E-state index is 0.00132. The van der Waals surface area contributed by atoms with Crippen LogP contribution in [0.25, 0.3) is 10.4 Å². The molecule has 0 atom stereocenters. The van der Waals surface area contributed by atoms with Gasteiger partial charge in [-0.2, -0.15) is 0 Å². The second-order valence-electron chi connectivity index (χ2n) is 8.77. The van der Waals surface area contributed by atoms with Crippen LogP contribution in [0.2, 0.25) is 0 Å². The molecule has 0 saturated carbocycles. The Labute approximate surface area is 220 Å². The number of benzene rings is 1. The Balaban J connectivity index is 1.24. The lowest BCUT2D eigenvalue weighted by Gasteiger charge is -2.20. The maximum atomic E-state index is 12.6. The van der Waals surface area contributed by atoms with Crippen molar-refractivity contribution in [3.63, 3.8) is 0 Å². The predicted octanol–water partition coefficient (Wildman–Crippen LogP) is 6.70. The second-order valence-corrected chi connectivity index (χ2v) is 10.9. The first-order valence-electron chi connectivity index (χ1n) is 12.4. The van der Waals surface area contributed by atoms with Crippen LogP contribution >= 0.6 is 20.7 Å². The Kier molecular flexibility index (Phi) is 10.9. The minimum Gasteiger partial charge on any atom is -0.494 e. The molecule has 0 N–H and O–H groups in total. The summed E-state index contributed by atoms with van der Waals surface area (Å²) in [4.78, 5) is 37.4. The van der Waals surface area contributed by atoms with E-state index in [2.05, 4.69) is 0 Å². The summed E-state index contributed by atoms with van der Waals surface area (Å²) in [7, 11) is 5.53. The van der Waals surface area contributed by atoms with E-state index in [1.54, 1.807) is 13.0 Å². The van der Waals surface area contributed by atoms with Crippen LogP contribution in [-0.2, 0) is 19.1 Å². The maximum Gasteiger partial charge on any atom is 0.243 e. The van der Waals surface area contributed by atoms with Crippen molar-refractivity contribution in [2.75, 3.05) is 20.8 Å². The number of carbonyl (C=O) groups is 2. The maximum absolute atomic E-state index is 12.6. The highest BCUT2D eigenvalue weighted by Crippen LogP contribution is 2.29. The van der Waals surface area contributed by atoms with E-state index in [0.717, 1.165) is 48.3 Å². The van der Waals surface area contributed by atoms with Gasteiger partial charge in [-0.15, -0.1) is 0 Å². The molecule has 6 nitrogen and oxygen atoms in total. The average molecular weight is 531 g/mol. The number of Topliss-reactive ketones (excluding diaryl/α,β-unsaturated/α-hetero) is 2. The Bertz CT molecular complexity index is 1150. The molecule has 36 heavy (non-hydrogen) atoms. The molecular weight excluding hydrogens is 496 g/mol. The largest absolute Gasteiger partial charge is 0.494 e. The van der Waals surface area contributed by atoms with Crippen LogP contribution in [0.1, 0.15) is 64.7 Å². The minimum atomic E-state index is -0.261. The number of allylic oxidation sites excluding steroid dienone is 2. The highest BCUT2D eigenvalue weighted by atomic mass is 32.9. The summed E-state index contributed by atoms with van der Waals surface area (Å²) < 4.78 is 16.1. The first-order valence-corrected chi connectivity index (χ1v) is 14.6. The van der Waals surface area contributed by atoms with Crippen LogP contribution in [0.3, 0.4) is 0 Å². The predicted molar refractivity (Wildman–Crippen MR) is 145 cm³/mol. The van der Waals surface area contributed by atoms with Gasteiger partial charge in [-0.3, -0.25) is 14.4 Å². The van der Waals surface area contributed by atoms with Crippen LogP contribution in [0.4, 0.5) is 0 Å². The first-order chi connectivity index (χ1) is 17.5. The number of ketones is 2. The number of methoxy groups -OCH3 is 2.